The van der Waals surface area contributed by atoms with Crippen molar-refractivity contribution in [1.82, 2.24) is 4.98 Å². The minimum Gasteiger partial charge on any atom is -0.253 e. The Bertz CT molecular complexity index is 870. The molecule has 0 radical (unpaired) electrons. The van der Waals surface area contributed by atoms with Crippen LogP contribution in [0.1, 0.15) is 29.3 Å². The lowest BCUT2D eigenvalue weighted by atomic mass is 9.99. The molecule has 1 aromatic heterocycles. The Morgan fingerprint density at radius 2 is 1.71 bits per heavy atom. The molecule has 3 rings (SSSR count). The summed E-state index contributed by atoms with van der Waals surface area (Å²) in [5, 5.41) is 1.57. The molecule has 0 atom stereocenters. The molecule has 0 aliphatic rings. The molecule has 0 saturated heterocycles. The molecule has 2 aromatic carbocycles. The van der Waals surface area contributed by atoms with Crippen molar-refractivity contribution in [3.63, 3.8) is 0 Å². The number of aryl methyl sites for hydroxylation is 1. The van der Waals surface area contributed by atoms with Gasteiger partial charge in [-0.3, -0.25) is 4.98 Å². The van der Waals surface area contributed by atoms with Crippen LogP contribution in [0.15, 0.2) is 48.5 Å². The quantitative estimate of drug-likeness (QED) is 0.560. The Balaban J connectivity index is 1.96. The fraction of sp³-hybridized carbons (Fsp3) is 0.211. The van der Waals surface area contributed by atoms with Crippen LogP contribution >= 0.6 is 11.6 Å². The number of hydrogen-bond acceptors (Lipinski definition) is 1. The number of hydrogen-bond donors (Lipinski definition) is 0. The lowest BCUT2D eigenvalue weighted by Crippen LogP contribution is -2.05. The predicted molar refractivity (Wildman–Crippen MR) is 90.4 cm³/mol. The first-order chi connectivity index (χ1) is 11.4. The van der Waals surface area contributed by atoms with E-state index in [2.05, 4.69) is 4.98 Å². The highest BCUT2D eigenvalue weighted by atomic mass is 35.5. The summed E-state index contributed by atoms with van der Waals surface area (Å²) in [5.41, 5.74) is 3.01. The van der Waals surface area contributed by atoms with Crippen LogP contribution in [0, 0.1) is 0 Å². The van der Waals surface area contributed by atoms with Crippen molar-refractivity contribution in [3.05, 3.63) is 75.9 Å². The molecule has 24 heavy (non-hydrogen) atoms. The molecule has 0 amide bonds. The van der Waals surface area contributed by atoms with Gasteiger partial charge in [0, 0.05) is 16.1 Å². The predicted octanol–water partition coefficient (Wildman–Crippen LogP) is 6.06. The molecule has 0 fully saturated rings. The maximum atomic E-state index is 12.7. The Hall–Kier alpha value is -2.07. The zero-order valence-electron chi connectivity index (χ0n) is 13.0. The maximum Gasteiger partial charge on any atom is 0.416 e. The lowest BCUT2D eigenvalue weighted by Gasteiger charge is -2.11. The summed E-state index contributed by atoms with van der Waals surface area (Å²) < 4.78 is 38.0. The van der Waals surface area contributed by atoms with Crippen molar-refractivity contribution in [2.24, 2.45) is 0 Å². The third-order valence-corrected chi connectivity index (χ3v) is 4.19. The smallest absolute Gasteiger partial charge is 0.253 e. The molecular formula is C19H15ClF3N. The highest BCUT2D eigenvalue weighted by Crippen LogP contribution is 2.30. The molecule has 1 nitrogen and oxygen atoms in total. The molecule has 0 aliphatic carbocycles. The van der Waals surface area contributed by atoms with Crippen LogP contribution in [0.5, 0.6) is 0 Å². The molecule has 1 heterocycles. The summed E-state index contributed by atoms with van der Waals surface area (Å²) in [5.74, 6) is 0. The van der Waals surface area contributed by atoms with Crippen LogP contribution in [0.25, 0.3) is 10.9 Å². The standard InChI is InChI=1S/C19H15ClF3N/c1-2-17-13(10-14-11-16(20)7-8-18(14)24-17)9-12-3-5-15(6-4-12)19(21,22)23/h3-8,10-11H,2,9H2,1H3. The van der Waals surface area contributed by atoms with Crippen LogP contribution in [0.4, 0.5) is 13.2 Å². The summed E-state index contributed by atoms with van der Waals surface area (Å²) in [7, 11) is 0. The lowest BCUT2D eigenvalue weighted by molar-refractivity contribution is -0.137. The number of rotatable bonds is 3. The third-order valence-electron chi connectivity index (χ3n) is 3.96. The van der Waals surface area contributed by atoms with Gasteiger partial charge in [-0.05, 0) is 60.4 Å². The summed E-state index contributed by atoms with van der Waals surface area (Å²) in [4.78, 5) is 4.65. The number of fused-ring (bicyclic) bond motifs is 1. The van der Waals surface area contributed by atoms with E-state index in [9.17, 15) is 13.2 Å². The number of aromatic nitrogens is 1. The van der Waals surface area contributed by atoms with E-state index in [0.717, 1.165) is 46.3 Å². The Kier molecular flexibility index (Phi) is 4.50. The number of pyridine rings is 1. The van der Waals surface area contributed by atoms with Gasteiger partial charge in [-0.15, -0.1) is 0 Å². The fourth-order valence-electron chi connectivity index (χ4n) is 2.72. The number of nitrogens with zero attached hydrogens (tertiary/aromatic N) is 1. The first-order valence-corrected chi connectivity index (χ1v) is 7.99. The normalized spacial score (nSPS) is 11.9. The first kappa shape index (κ1) is 16.8. The molecule has 5 heteroatoms. The van der Waals surface area contributed by atoms with E-state index in [-0.39, 0.29) is 0 Å². The molecule has 0 aliphatic heterocycles. The van der Waals surface area contributed by atoms with Gasteiger partial charge in [0.1, 0.15) is 0 Å². The van der Waals surface area contributed by atoms with Crippen molar-refractivity contribution in [2.75, 3.05) is 0 Å². The summed E-state index contributed by atoms with van der Waals surface area (Å²) in [6.07, 6.45) is -3.01. The van der Waals surface area contributed by atoms with Crippen molar-refractivity contribution in [3.8, 4) is 0 Å². The second kappa shape index (κ2) is 6.44. The van der Waals surface area contributed by atoms with Gasteiger partial charge in [0.15, 0.2) is 0 Å². The molecule has 0 saturated carbocycles. The van der Waals surface area contributed by atoms with E-state index < -0.39 is 11.7 Å². The molecule has 3 aromatic rings. The van der Waals surface area contributed by atoms with E-state index >= 15 is 0 Å². The zero-order valence-corrected chi connectivity index (χ0v) is 13.7. The minimum atomic E-state index is -4.31. The van der Waals surface area contributed by atoms with Crippen molar-refractivity contribution in [2.45, 2.75) is 25.9 Å². The molecule has 0 N–H and O–H groups in total. The van der Waals surface area contributed by atoms with E-state index in [1.54, 1.807) is 6.07 Å². The fourth-order valence-corrected chi connectivity index (χ4v) is 2.90. The average Bonchev–Trinajstić information content (AvgIpc) is 2.54. The number of alkyl halides is 3. The Morgan fingerprint density at radius 1 is 1.00 bits per heavy atom. The second-order valence-electron chi connectivity index (χ2n) is 5.66. The number of benzene rings is 2. The van der Waals surface area contributed by atoms with Crippen LogP contribution in [0.2, 0.25) is 5.02 Å². The van der Waals surface area contributed by atoms with Crippen molar-refractivity contribution < 1.29 is 13.2 Å². The van der Waals surface area contributed by atoms with Gasteiger partial charge >= 0.3 is 6.18 Å². The van der Waals surface area contributed by atoms with Crippen molar-refractivity contribution in [1.29, 1.82) is 0 Å². The topological polar surface area (TPSA) is 12.9 Å². The van der Waals surface area contributed by atoms with Crippen LogP contribution in [0.3, 0.4) is 0 Å². The number of halogens is 4. The van der Waals surface area contributed by atoms with Crippen LogP contribution in [-0.4, -0.2) is 4.98 Å². The zero-order chi connectivity index (χ0) is 17.3. The van der Waals surface area contributed by atoms with Crippen LogP contribution in [-0.2, 0) is 19.0 Å². The average molecular weight is 350 g/mol. The monoisotopic (exact) mass is 349 g/mol. The van der Waals surface area contributed by atoms with Gasteiger partial charge in [0.25, 0.3) is 0 Å². The minimum absolute atomic E-state index is 0.538. The van der Waals surface area contributed by atoms with Crippen LogP contribution < -0.4 is 0 Å². The molecular weight excluding hydrogens is 335 g/mol. The van der Waals surface area contributed by atoms with Gasteiger partial charge < -0.3 is 0 Å². The maximum absolute atomic E-state index is 12.7. The largest absolute Gasteiger partial charge is 0.416 e. The van der Waals surface area contributed by atoms with Gasteiger partial charge in [-0.25, -0.2) is 0 Å². The highest BCUT2D eigenvalue weighted by Gasteiger charge is 2.29. The third kappa shape index (κ3) is 3.54. The second-order valence-corrected chi connectivity index (χ2v) is 6.09. The first-order valence-electron chi connectivity index (χ1n) is 7.61. The SMILES string of the molecule is CCc1nc2ccc(Cl)cc2cc1Cc1ccc(C(F)(F)F)cc1. The van der Waals surface area contributed by atoms with Gasteiger partial charge in [-0.2, -0.15) is 13.2 Å². The molecule has 0 unspecified atom stereocenters. The highest BCUT2D eigenvalue weighted by molar-refractivity contribution is 6.31. The Morgan fingerprint density at radius 3 is 2.33 bits per heavy atom. The van der Waals surface area contributed by atoms with Gasteiger partial charge in [0.2, 0.25) is 0 Å². The molecule has 124 valence electrons. The van der Waals surface area contributed by atoms with Gasteiger partial charge in [-0.1, -0.05) is 30.7 Å². The van der Waals surface area contributed by atoms with E-state index in [1.165, 1.54) is 12.1 Å². The van der Waals surface area contributed by atoms with Gasteiger partial charge in [0.05, 0.1) is 11.1 Å². The van der Waals surface area contributed by atoms with E-state index in [4.69, 9.17) is 11.6 Å². The molecule has 0 bridgehead atoms. The molecule has 0 spiro atoms. The summed E-state index contributed by atoms with van der Waals surface area (Å²) in [6, 6.07) is 12.8. The van der Waals surface area contributed by atoms with Crippen molar-refractivity contribution >= 4 is 22.5 Å². The van der Waals surface area contributed by atoms with E-state index in [1.807, 2.05) is 25.1 Å². The Labute approximate surface area is 143 Å². The summed E-state index contributed by atoms with van der Waals surface area (Å²) in [6.45, 7) is 2.01. The van der Waals surface area contributed by atoms with E-state index in [0.29, 0.717) is 11.4 Å². The summed E-state index contributed by atoms with van der Waals surface area (Å²) >= 11 is 6.03.